The molecule has 3 aromatic rings. The zero-order chi connectivity index (χ0) is 20.1. The Bertz CT molecular complexity index is 999. The highest BCUT2D eigenvalue weighted by Gasteiger charge is 2.23. The lowest BCUT2D eigenvalue weighted by Gasteiger charge is -2.29. The number of fused-ring (bicyclic) bond motifs is 1. The van der Waals surface area contributed by atoms with Gasteiger partial charge in [-0.15, -0.1) is 16.8 Å². The number of anilines is 1. The first-order chi connectivity index (χ1) is 14.3. The van der Waals surface area contributed by atoms with Crippen LogP contribution < -0.4 is 4.90 Å². The minimum atomic E-state index is 0.111. The van der Waals surface area contributed by atoms with Gasteiger partial charge in [-0.3, -0.25) is 4.79 Å². The summed E-state index contributed by atoms with van der Waals surface area (Å²) in [5, 5.41) is 9.48. The molecule has 4 rings (SSSR count). The highest BCUT2D eigenvalue weighted by Crippen LogP contribution is 2.28. The number of rotatable bonds is 7. The molecule has 0 bridgehead atoms. The first kappa shape index (κ1) is 19.5. The van der Waals surface area contributed by atoms with Crippen LogP contribution in [-0.4, -0.2) is 33.0 Å². The SMILES string of the molecule is C=CCn1c(Cc2ccccc2)nnc1SCC(=O)N1CCCc2ccccc21. The van der Waals surface area contributed by atoms with Crippen molar-refractivity contribution in [1.29, 1.82) is 0 Å². The van der Waals surface area contributed by atoms with Gasteiger partial charge in [0.05, 0.1) is 5.75 Å². The normalized spacial score (nSPS) is 13.2. The number of para-hydroxylation sites is 1. The van der Waals surface area contributed by atoms with Crippen LogP contribution in [0.15, 0.2) is 72.4 Å². The number of carbonyl (C=O) groups excluding carboxylic acids is 1. The molecule has 1 aliphatic rings. The van der Waals surface area contributed by atoms with Gasteiger partial charge in [0.1, 0.15) is 5.82 Å². The van der Waals surface area contributed by atoms with E-state index in [1.807, 2.05) is 51.9 Å². The summed E-state index contributed by atoms with van der Waals surface area (Å²) in [4.78, 5) is 14.8. The second-order valence-electron chi connectivity index (χ2n) is 7.03. The van der Waals surface area contributed by atoms with E-state index in [1.54, 1.807) is 0 Å². The lowest BCUT2D eigenvalue weighted by atomic mass is 10.0. The zero-order valence-electron chi connectivity index (χ0n) is 16.3. The number of hydrogen-bond donors (Lipinski definition) is 0. The number of benzene rings is 2. The standard InChI is InChI=1S/C23H24N4OS/c1-2-14-27-21(16-18-9-4-3-5-10-18)24-25-23(27)29-17-22(28)26-15-8-12-19-11-6-7-13-20(19)26/h2-7,9-11,13H,1,8,12,14-17H2. The van der Waals surface area contributed by atoms with Crippen LogP contribution in [-0.2, 0) is 24.2 Å². The molecule has 0 saturated carbocycles. The van der Waals surface area contributed by atoms with Crippen molar-refractivity contribution in [2.45, 2.75) is 31.0 Å². The molecule has 1 aliphatic heterocycles. The van der Waals surface area contributed by atoms with Gasteiger partial charge in [0.25, 0.3) is 0 Å². The van der Waals surface area contributed by atoms with Crippen LogP contribution in [0, 0.1) is 0 Å². The monoisotopic (exact) mass is 404 g/mol. The molecule has 1 amide bonds. The van der Waals surface area contributed by atoms with Crippen molar-refractivity contribution in [2.75, 3.05) is 17.2 Å². The third kappa shape index (κ3) is 4.43. The molecule has 2 aromatic carbocycles. The lowest BCUT2D eigenvalue weighted by molar-refractivity contribution is -0.116. The number of nitrogens with zero attached hydrogens (tertiary/aromatic N) is 4. The van der Waals surface area contributed by atoms with Gasteiger partial charge in [-0.25, -0.2) is 0 Å². The van der Waals surface area contributed by atoms with Crippen molar-refractivity contribution in [2.24, 2.45) is 0 Å². The van der Waals surface area contributed by atoms with Gasteiger partial charge >= 0.3 is 0 Å². The Kier molecular flexibility index (Phi) is 6.10. The van der Waals surface area contributed by atoms with E-state index in [2.05, 4.69) is 35.0 Å². The van der Waals surface area contributed by atoms with E-state index in [9.17, 15) is 4.79 Å². The second kappa shape index (κ2) is 9.09. The molecule has 0 radical (unpaired) electrons. The maximum atomic E-state index is 12.9. The van der Waals surface area contributed by atoms with Crippen LogP contribution in [0.3, 0.4) is 0 Å². The fourth-order valence-corrected chi connectivity index (χ4v) is 4.49. The van der Waals surface area contributed by atoms with Gasteiger partial charge < -0.3 is 9.47 Å². The number of allylic oxidation sites excluding steroid dienone is 1. The molecule has 1 aromatic heterocycles. The molecule has 0 atom stereocenters. The van der Waals surface area contributed by atoms with Crippen molar-refractivity contribution in [3.8, 4) is 0 Å². The third-order valence-electron chi connectivity index (χ3n) is 5.05. The molecule has 0 unspecified atom stereocenters. The molecule has 5 nitrogen and oxygen atoms in total. The lowest BCUT2D eigenvalue weighted by Crippen LogP contribution is -2.36. The van der Waals surface area contributed by atoms with Crippen LogP contribution in [0.2, 0.25) is 0 Å². The van der Waals surface area contributed by atoms with Crippen LogP contribution in [0.1, 0.15) is 23.4 Å². The summed E-state index contributed by atoms with van der Waals surface area (Å²) in [7, 11) is 0. The van der Waals surface area contributed by atoms with E-state index >= 15 is 0 Å². The van der Waals surface area contributed by atoms with Gasteiger partial charge in [-0.1, -0.05) is 66.4 Å². The maximum Gasteiger partial charge on any atom is 0.237 e. The first-order valence-electron chi connectivity index (χ1n) is 9.84. The molecular formula is C23H24N4OS. The predicted molar refractivity (Wildman–Crippen MR) is 117 cm³/mol. The Hall–Kier alpha value is -2.86. The van der Waals surface area contributed by atoms with E-state index in [-0.39, 0.29) is 5.91 Å². The number of carbonyl (C=O) groups is 1. The maximum absolute atomic E-state index is 12.9. The summed E-state index contributed by atoms with van der Waals surface area (Å²) in [6.45, 7) is 5.25. The highest BCUT2D eigenvalue weighted by atomic mass is 32.2. The van der Waals surface area contributed by atoms with Crippen molar-refractivity contribution in [1.82, 2.24) is 14.8 Å². The van der Waals surface area contributed by atoms with Crippen LogP contribution in [0.25, 0.3) is 0 Å². The molecule has 6 heteroatoms. The molecule has 0 saturated heterocycles. The quantitative estimate of drug-likeness (QED) is 0.439. The fourth-order valence-electron chi connectivity index (χ4n) is 3.64. The van der Waals surface area contributed by atoms with E-state index in [4.69, 9.17) is 0 Å². The number of amides is 1. The summed E-state index contributed by atoms with van der Waals surface area (Å²) in [6.07, 6.45) is 4.57. The topological polar surface area (TPSA) is 51.0 Å². The summed E-state index contributed by atoms with van der Waals surface area (Å²) >= 11 is 1.45. The Balaban J connectivity index is 1.47. The van der Waals surface area contributed by atoms with Crippen LogP contribution in [0.4, 0.5) is 5.69 Å². The average Bonchev–Trinajstić information content (AvgIpc) is 3.14. The van der Waals surface area contributed by atoms with Crippen LogP contribution in [0.5, 0.6) is 0 Å². The first-order valence-corrected chi connectivity index (χ1v) is 10.8. The smallest absolute Gasteiger partial charge is 0.237 e. The number of aryl methyl sites for hydroxylation is 1. The highest BCUT2D eigenvalue weighted by molar-refractivity contribution is 7.99. The third-order valence-corrected chi connectivity index (χ3v) is 6.00. The van der Waals surface area contributed by atoms with Gasteiger partial charge in [0.2, 0.25) is 5.91 Å². The fraction of sp³-hybridized carbons (Fsp3) is 0.261. The van der Waals surface area contributed by atoms with Crippen molar-refractivity contribution in [3.63, 3.8) is 0 Å². The van der Waals surface area contributed by atoms with Crippen molar-refractivity contribution < 1.29 is 4.79 Å². The van der Waals surface area contributed by atoms with Gasteiger partial charge in [0.15, 0.2) is 5.16 Å². The Morgan fingerprint density at radius 3 is 2.72 bits per heavy atom. The van der Waals surface area contributed by atoms with Crippen LogP contribution >= 0.6 is 11.8 Å². The number of hydrogen-bond acceptors (Lipinski definition) is 4. The summed E-state index contributed by atoms with van der Waals surface area (Å²) in [6, 6.07) is 18.4. The Morgan fingerprint density at radius 1 is 1.10 bits per heavy atom. The Morgan fingerprint density at radius 2 is 1.90 bits per heavy atom. The molecular weight excluding hydrogens is 380 g/mol. The largest absolute Gasteiger partial charge is 0.311 e. The molecule has 2 heterocycles. The molecule has 0 fully saturated rings. The summed E-state index contributed by atoms with van der Waals surface area (Å²) < 4.78 is 2.04. The van der Waals surface area contributed by atoms with Gasteiger partial charge in [0, 0.05) is 25.2 Å². The molecule has 0 N–H and O–H groups in total. The summed E-state index contributed by atoms with van der Waals surface area (Å²) in [5.41, 5.74) is 3.47. The van der Waals surface area contributed by atoms with E-state index in [0.717, 1.165) is 36.1 Å². The minimum Gasteiger partial charge on any atom is -0.311 e. The number of thioether (sulfide) groups is 1. The van der Waals surface area contributed by atoms with Crippen molar-refractivity contribution >= 4 is 23.4 Å². The second-order valence-corrected chi connectivity index (χ2v) is 7.97. The minimum absolute atomic E-state index is 0.111. The average molecular weight is 405 g/mol. The molecule has 29 heavy (non-hydrogen) atoms. The van der Waals surface area contributed by atoms with E-state index in [1.165, 1.54) is 22.9 Å². The molecule has 0 spiro atoms. The predicted octanol–water partition coefficient (Wildman–Crippen LogP) is 4.13. The Labute approximate surface area is 175 Å². The summed E-state index contributed by atoms with van der Waals surface area (Å²) in [5.74, 6) is 1.34. The number of aromatic nitrogens is 3. The zero-order valence-corrected chi connectivity index (χ0v) is 17.1. The van der Waals surface area contributed by atoms with Crippen molar-refractivity contribution in [3.05, 3.63) is 84.2 Å². The van der Waals surface area contributed by atoms with Gasteiger partial charge in [-0.05, 0) is 30.0 Å². The molecule has 148 valence electrons. The van der Waals surface area contributed by atoms with Gasteiger partial charge in [-0.2, -0.15) is 0 Å². The van der Waals surface area contributed by atoms with E-state index in [0.29, 0.717) is 18.7 Å². The van der Waals surface area contributed by atoms with E-state index < -0.39 is 0 Å². The molecule has 0 aliphatic carbocycles.